The molecule has 0 saturated carbocycles. The van der Waals surface area contributed by atoms with Crippen molar-refractivity contribution < 1.29 is 0 Å². The van der Waals surface area contributed by atoms with Crippen LogP contribution in [-0.4, -0.2) is 33.8 Å². The highest BCUT2D eigenvalue weighted by atomic mass is 79.9. The summed E-state index contributed by atoms with van der Waals surface area (Å²) in [6.07, 6.45) is 0.963. The van der Waals surface area contributed by atoms with Crippen molar-refractivity contribution in [3.8, 4) is 0 Å². The van der Waals surface area contributed by atoms with Crippen LogP contribution < -0.4 is 5.73 Å². The summed E-state index contributed by atoms with van der Waals surface area (Å²) in [5.74, 6) is 0.590. The van der Waals surface area contributed by atoms with Crippen LogP contribution in [0, 0.1) is 5.92 Å². The van der Waals surface area contributed by atoms with Crippen LogP contribution in [0.3, 0.4) is 0 Å². The van der Waals surface area contributed by atoms with Crippen LogP contribution in [0.4, 0.5) is 0 Å². The highest BCUT2D eigenvalue weighted by Gasteiger charge is 2.27. The van der Waals surface area contributed by atoms with E-state index >= 15 is 0 Å². The van der Waals surface area contributed by atoms with Gasteiger partial charge in [-0.25, -0.2) is 0 Å². The Bertz CT molecular complexity index is 391. The maximum Gasteiger partial charge on any atom is 0.0767 e. The first kappa shape index (κ1) is 13.1. The van der Waals surface area contributed by atoms with Crippen LogP contribution in [0.2, 0.25) is 0 Å². The molecule has 1 fully saturated rings. The van der Waals surface area contributed by atoms with E-state index in [-0.39, 0.29) is 0 Å². The molecule has 2 rings (SSSR count). The Kier molecular flexibility index (Phi) is 3.90. The number of aromatic nitrogens is 2. The molecule has 2 heterocycles. The van der Waals surface area contributed by atoms with Crippen LogP contribution in [-0.2, 0) is 20.0 Å². The minimum Gasteiger partial charge on any atom is -0.326 e. The zero-order valence-corrected chi connectivity index (χ0v) is 12.4. The number of hydrogen-bond donors (Lipinski definition) is 1. The Morgan fingerprint density at radius 1 is 1.47 bits per heavy atom. The van der Waals surface area contributed by atoms with Gasteiger partial charge in [-0.05, 0) is 28.3 Å². The van der Waals surface area contributed by atoms with E-state index in [1.165, 1.54) is 5.69 Å². The number of halogens is 1. The van der Waals surface area contributed by atoms with Gasteiger partial charge in [0.2, 0.25) is 0 Å². The molecule has 1 aliphatic rings. The van der Waals surface area contributed by atoms with Gasteiger partial charge >= 0.3 is 0 Å². The second-order valence-corrected chi connectivity index (χ2v) is 5.81. The van der Waals surface area contributed by atoms with Crippen LogP contribution in [0.25, 0.3) is 0 Å². The molecule has 1 aromatic rings. The molecule has 0 spiro atoms. The largest absolute Gasteiger partial charge is 0.326 e. The molecule has 2 atom stereocenters. The average Bonchev–Trinajstić information content (AvgIpc) is 2.73. The lowest BCUT2D eigenvalue weighted by Gasteiger charge is -2.15. The van der Waals surface area contributed by atoms with Crippen molar-refractivity contribution in [1.82, 2.24) is 14.7 Å². The quantitative estimate of drug-likeness (QED) is 0.921. The number of nitrogens with two attached hydrogens (primary N) is 1. The molecule has 1 saturated heterocycles. The zero-order chi connectivity index (χ0) is 12.6. The first-order chi connectivity index (χ1) is 8.02. The molecular weight excluding hydrogens is 280 g/mol. The van der Waals surface area contributed by atoms with Crippen molar-refractivity contribution >= 4 is 15.9 Å². The number of hydrogen-bond acceptors (Lipinski definition) is 3. The first-order valence-corrected chi connectivity index (χ1v) is 7.00. The summed E-state index contributed by atoms with van der Waals surface area (Å²) in [5.41, 5.74) is 8.44. The maximum absolute atomic E-state index is 6.05. The minimum absolute atomic E-state index is 0.313. The fourth-order valence-electron chi connectivity index (χ4n) is 2.43. The molecule has 0 bridgehead atoms. The topological polar surface area (TPSA) is 47.1 Å². The predicted molar refractivity (Wildman–Crippen MR) is 72.7 cm³/mol. The lowest BCUT2D eigenvalue weighted by molar-refractivity contribution is 0.309. The fraction of sp³-hybridized carbons (Fsp3) is 0.750. The van der Waals surface area contributed by atoms with E-state index in [1.54, 1.807) is 0 Å². The normalized spacial score (nSPS) is 25.7. The minimum atomic E-state index is 0.313. The predicted octanol–water partition coefficient (Wildman–Crippen LogP) is 1.52. The highest BCUT2D eigenvalue weighted by molar-refractivity contribution is 9.10. The van der Waals surface area contributed by atoms with E-state index in [2.05, 4.69) is 39.8 Å². The average molecular weight is 301 g/mol. The smallest absolute Gasteiger partial charge is 0.0767 e. The molecule has 4 nitrogen and oxygen atoms in total. The Morgan fingerprint density at radius 3 is 2.65 bits per heavy atom. The number of likely N-dealkylation sites (tertiary alicyclic amines) is 1. The maximum atomic E-state index is 6.05. The molecule has 0 aromatic carbocycles. The summed E-state index contributed by atoms with van der Waals surface area (Å²) in [6, 6.07) is 0.313. The third-order valence-corrected chi connectivity index (χ3v) is 4.54. The molecule has 17 heavy (non-hydrogen) atoms. The van der Waals surface area contributed by atoms with Crippen LogP contribution >= 0.6 is 15.9 Å². The van der Waals surface area contributed by atoms with E-state index < -0.39 is 0 Å². The molecule has 5 heteroatoms. The third-order valence-electron chi connectivity index (χ3n) is 3.62. The van der Waals surface area contributed by atoms with E-state index in [0.717, 1.165) is 36.2 Å². The molecule has 2 unspecified atom stereocenters. The van der Waals surface area contributed by atoms with Gasteiger partial charge in [0.1, 0.15) is 0 Å². The van der Waals surface area contributed by atoms with Gasteiger partial charge in [-0.2, -0.15) is 5.10 Å². The van der Waals surface area contributed by atoms with Gasteiger partial charge in [-0.3, -0.25) is 9.58 Å². The summed E-state index contributed by atoms with van der Waals surface area (Å²) in [4.78, 5) is 2.41. The van der Waals surface area contributed by atoms with Crippen molar-refractivity contribution in [2.24, 2.45) is 18.7 Å². The lowest BCUT2D eigenvalue weighted by atomic mass is 10.1. The first-order valence-electron chi connectivity index (χ1n) is 6.21. The van der Waals surface area contributed by atoms with Crippen molar-refractivity contribution in [3.63, 3.8) is 0 Å². The van der Waals surface area contributed by atoms with E-state index in [0.29, 0.717) is 12.0 Å². The van der Waals surface area contributed by atoms with Gasteiger partial charge in [-0.1, -0.05) is 13.8 Å². The Hall–Kier alpha value is -0.390. The summed E-state index contributed by atoms with van der Waals surface area (Å²) >= 11 is 3.66. The Labute approximate surface area is 111 Å². The van der Waals surface area contributed by atoms with Gasteiger partial charge < -0.3 is 5.73 Å². The van der Waals surface area contributed by atoms with Crippen LogP contribution in [0.1, 0.15) is 25.2 Å². The van der Waals surface area contributed by atoms with E-state index in [4.69, 9.17) is 5.73 Å². The van der Waals surface area contributed by atoms with Crippen molar-refractivity contribution in [2.45, 2.75) is 32.9 Å². The lowest BCUT2D eigenvalue weighted by Crippen LogP contribution is -2.28. The zero-order valence-electron chi connectivity index (χ0n) is 10.8. The second kappa shape index (κ2) is 5.08. The fourth-order valence-corrected chi connectivity index (χ4v) is 3.17. The third kappa shape index (κ3) is 2.56. The van der Waals surface area contributed by atoms with Gasteiger partial charge in [0.15, 0.2) is 0 Å². The molecule has 0 aliphatic carbocycles. The number of nitrogens with zero attached hydrogens (tertiary/aromatic N) is 3. The van der Waals surface area contributed by atoms with Crippen LogP contribution in [0.5, 0.6) is 0 Å². The van der Waals surface area contributed by atoms with Crippen molar-refractivity contribution in [2.75, 3.05) is 13.1 Å². The van der Waals surface area contributed by atoms with Crippen molar-refractivity contribution in [3.05, 3.63) is 15.9 Å². The summed E-state index contributed by atoms with van der Waals surface area (Å²) in [6.45, 7) is 7.35. The van der Waals surface area contributed by atoms with Gasteiger partial charge in [0, 0.05) is 32.7 Å². The standard InChI is InChI=1S/C12H21BrN4/c1-4-10-12(13)11(16(3)15-10)7-17-5-8(2)9(14)6-17/h8-9H,4-7,14H2,1-3H3. The molecular formula is C12H21BrN4. The highest BCUT2D eigenvalue weighted by Crippen LogP contribution is 2.25. The summed E-state index contributed by atoms with van der Waals surface area (Å²) in [5, 5.41) is 4.52. The monoisotopic (exact) mass is 300 g/mol. The Morgan fingerprint density at radius 2 is 2.18 bits per heavy atom. The van der Waals surface area contributed by atoms with Gasteiger partial charge in [0.25, 0.3) is 0 Å². The van der Waals surface area contributed by atoms with E-state index in [1.807, 2.05) is 11.7 Å². The molecule has 0 radical (unpaired) electrons. The SMILES string of the molecule is CCc1nn(C)c(CN2CC(C)C(N)C2)c1Br. The van der Waals surface area contributed by atoms with Crippen molar-refractivity contribution in [1.29, 1.82) is 0 Å². The Balaban J connectivity index is 2.11. The van der Waals surface area contributed by atoms with Gasteiger partial charge in [-0.15, -0.1) is 0 Å². The molecule has 0 amide bonds. The second-order valence-electron chi connectivity index (χ2n) is 5.02. The summed E-state index contributed by atoms with van der Waals surface area (Å²) < 4.78 is 3.15. The number of aryl methyl sites for hydroxylation is 2. The molecule has 96 valence electrons. The molecule has 1 aliphatic heterocycles. The molecule has 1 aromatic heterocycles. The van der Waals surface area contributed by atoms with Gasteiger partial charge in [0.05, 0.1) is 15.9 Å². The molecule has 2 N–H and O–H groups in total. The van der Waals surface area contributed by atoms with Crippen LogP contribution in [0.15, 0.2) is 4.47 Å². The number of rotatable bonds is 3. The van der Waals surface area contributed by atoms with E-state index in [9.17, 15) is 0 Å². The summed E-state index contributed by atoms with van der Waals surface area (Å²) in [7, 11) is 2.01.